The summed E-state index contributed by atoms with van der Waals surface area (Å²) in [5, 5.41) is 14.0. The van der Waals surface area contributed by atoms with Crippen molar-refractivity contribution in [3.63, 3.8) is 0 Å². The molecule has 6 heteroatoms. The zero-order chi connectivity index (χ0) is 14.5. The Hall–Kier alpha value is -1.82. The monoisotopic (exact) mass is 279 g/mol. The third-order valence-electron chi connectivity index (χ3n) is 3.78. The molecule has 1 saturated heterocycles. The van der Waals surface area contributed by atoms with Crippen molar-refractivity contribution >= 4 is 17.1 Å². The lowest BCUT2D eigenvalue weighted by Gasteiger charge is -2.33. The molecule has 0 spiro atoms. The quantitative estimate of drug-likeness (QED) is 0.662. The highest BCUT2D eigenvalue weighted by Crippen LogP contribution is 2.29. The number of piperidine rings is 1. The van der Waals surface area contributed by atoms with E-state index < -0.39 is 0 Å². The van der Waals surface area contributed by atoms with Crippen LogP contribution in [0.5, 0.6) is 0 Å². The molecule has 20 heavy (non-hydrogen) atoms. The third kappa shape index (κ3) is 3.39. The number of nitro groups is 1. The van der Waals surface area contributed by atoms with E-state index in [1.165, 1.54) is 0 Å². The zero-order valence-corrected chi connectivity index (χ0v) is 12.0. The fourth-order valence-electron chi connectivity index (χ4n) is 2.62. The van der Waals surface area contributed by atoms with Crippen molar-refractivity contribution in [1.29, 1.82) is 0 Å². The number of benzene rings is 1. The average Bonchev–Trinajstić information content (AvgIpc) is 2.47. The Morgan fingerprint density at radius 3 is 2.65 bits per heavy atom. The summed E-state index contributed by atoms with van der Waals surface area (Å²) in [6.07, 6.45) is 2.12. The maximum Gasteiger partial charge on any atom is 0.273 e. The number of hydrogen-bond acceptors (Lipinski definition) is 5. The summed E-state index contributed by atoms with van der Waals surface area (Å²) >= 11 is 0. The normalized spacial score (nSPS) is 16.2. The van der Waals surface area contributed by atoms with Crippen LogP contribution in [0.1, 0.15) is 12.8 Å². The van der Waals surface area contributed by atoms with Crippen LogP contribution in [0.15, 0.2) is 18.2 Å². The molecular weight excluding hydrogens is 258 g/mol. The van der Waals surface area contributed by atoms with Crippen molar-refractivity contribution in [2.75, 3.05) is 44.1 Å². The molecule has 1 N–H and O–H groups in total. The van der Waals surface area contributed by atoms with Gasteiger partial charge in [-0.05, 0) is 24.8 Å². The molecule has 0 aliphatic carbocycles. The Bertz CT molecular complexity index is 471. The molecule has 2 rings (SSSR count). The Balaban J connectivity index is 2.12. The molecule has 1 aromatic carbocycles. The lowest BCUT2D eigenvalue weighted by atomic mass is 9.97. The van der Waals surface area contributed by atoms with Gasteiger partial charge in [-0.2, -0.15) is 0 Å². The van der Waals surface area contributed by atoms with Crippen molar-refractivity contribution < 1.29 is 9.66 Å². The van der Waals surface area contributed by atoms with Crippen molar-refractivity contribution in [2.24, 2.45) is 5.92 Å². The van der Waals surface area contributed by atoms with Gasteiger partial charge in [0.15, 0.2) is 0 Å². The molecule has 1 heterocycles. The second-order valence-electron chi connectivity index (χ2n) is 5.13. The molecule has 0 atom stereocenters. The van der Waals surface area contributed by atoms with E-state index in [9.17, 15) is 10.1 Å². The van der Waals surface area contributed by atoms with Gasteiger partial charge in [-0.1, -0.05) is 0 Å². The van der Waals surface area contributed by atoms with Crippen LogP contribution in [0.2, 0.25) is 0 Å². The molecule has 0 saturated carbocycles. The first-order chi connectivity index (χ1) is 9.63. The molecule has 1 aliphatic heterocycles. The molecule has 110 valence electrons. The summed E-state index contributed by atoms with van der Waals surface area (Å²) in [6.45, 7) is 2.63. The van der Waals surface area contributed by atoms with E-state index in [4.69, 9.17) is 4.74 Å². The summed E-state index contributed by atoms with van der Waals surface area (Å²) in [7, 11) is 3.50. The number of rotatable bonds is 5. The number of anilines is 2. The minimum Gasteiger partial charge on any atom is -0.388 e. The van der Waals surface area contributed by atoms with Crippen molar-refractivity contribution in [2.45, 2.75) is 12.8 Å². The third-order valence-corrected chi connectivity index (χ3v) is 3.78. The molecule has 0 unspecified atom stereocenters. The Kier molecular flexibility index (Phi) is 4.79. The fraction of sp³-hybridized carbons (Fsp3) is 0.571. The van der Waals surface area contributed by atoms with Crippen LogP contribution in [-0.2, 0) is 4.74 Å². The van der Waals surface area contributed by atoms with E-state index in [2.05, 4.69) is 10.2 Å². The summed E-state index contributed by atoms with van der Waals surface area (Å²) < 4.78 is 5.19. The van der Waals surface area contributed by atoms with E-state index in [1.807, 2.05) is 6.07 Å². The summed E-state index contributed by atoms with van der Waals surface area (Å²) in [5.74, 6) is 0.596. The Morgan fingerprint density at radius 1 is 1.40 bits per heavy atom. The first kappa shape index (κ1) is 14.6. The van der Waals surface area contributed by atoms with Gasteiger partial charge in [-0.3, -0.25) is 10.1 Å². The van der Waals surface area contributed by atoms with E-state index in [-0.39, 0.29) is 10.6 Å². The minimum atomic E-state index is -0.345. The van der Waals surface area contributed by atoms with Crippen molar-refractivity contribution in [1.82, 2.24) is 0 Å². The number of nitrogens with zero attached hydrogens (tertiary/aromatic N) is 2. The average molecular weight is 279 g/mol. The molecule has 6 nitrogen and oxygen atoms in total. The summed E-state index contributed by atoms with van der Waals surface area (Å²) in [4.78, 5) is 12.8. The molecule has 0 bridgehead atoms. The molecule has 0 radical (unpaired) electrons. The summed E-state index contributed by atoms with van der Waals surface area (Å²) in [6, 6.07) is 5.17. The smallest absolute Gasteiger partial charge is 0.273 e. The maximum absolute atomic E-state index is 11.0. The number of ether oxygens (including phenoxy) is 1. The largest absolute Gasteiger partial charge is 0.388 e. The van der Waals surface area contributed by atoms with Gasteiger partial charge < -0.3 is 15.0 Å². The van der Waals surface area contributed by atoms with Gasteiger partial charge in [0.25, 0.3) is 5.69 Å². The Morgan fingerprint density at radius 2 is 2.10 bits per heavy atom. The first-order valence-corrected chi connectivity index (χ1v) is 6.85. The van der Waals surface area contributed by atoms with Crippen LogP contribution in [-0.4, -0.2) is 38.8 Å². The topological polar surface area (TPSA) is 67.6 Å². The van der Waals surface area contributed by atoms with Gasteiger partial charge >= 0.3 is 0 Å². The lowest BCUT2D eigenvalue weighted by molar-refractivity contribution is -0.384. The summed E-state index contributed by atoms with van der Waals surface area (Å²) in [5.41, 5.74) is 1.82. The van der Waals surface area contributed by atoms with Crippen LogP contribution in [0.25, 0.3) is 0 Å². The van der Waals surface area contributed by atoms with Crippen LogP contribution in [0, 0.1) is 16.0 Å². The van der Waals surface area contributed by atoms with Gasteiger partial charge in [-0.15, -0.1) is 0 Å². The standard InChI is InChI=1S/C14H21N3O3/c1-15-12-7-13(9-14(8-12)17(18)19)16-5-3-11(4-6-16)10-20-2/h7-9,11,15H,3-6,10H2,1-2H3. The number of nitrogens with one attached hydrogen (secondary N) is 1. The second kappa shape index (κ2) is 6.56. The van der Waals surface area contributed by atoms with Crippen LogP contribution < -0.4 is 10.2 Å². The van der Waals surface area contributed by atoms with Crippen LogP contribution in [0.3, 0.4) is 0 Å². The molecule has 1 aliphatic rings. The number of non-ortho nitro benzene ring substituents is 1. The fourth-order valence-corrected chi connectivity index (χ4v) is 2.62. The van der Waals surface area contributed by atoms with Crippen LogP contribution in [0.4, 0.5) is 17.1 Å². The predicted octanol–water partition coefficient (Wildman–Crippen LogP) is 2.50. The van der Waals surface area contributed by atoms with Crippen molar-refractivity contribution in [3.05, 3.63) is 28.3 Å². The lowest BCUT2D eigenvalue weighted by Crippen LogP contribution is -2.35. The highest BCUT2D eigenvalue weighted by atomic mass is 16.6. The predicted molar refractivity (Wildman–Crippen MR) is 79.5 cm³/mol. The van der Waals surface area contributed by atoms with Gasteiger partial charge in [-0.25, -0.2) is 0 Å². The van der Waals surface area contributed by atoms with E-state index in [1.54, 1.807) is 26.3 Å². The highest BCUT2D eigenvalue weighted by Gasteiger charge is 2.21. The minimum absolute atomic E-state index is 0.130. The van der Waals surface area contributed by atoms with E-state index in [0.717, 1.165) is 43.9 Å². The molecule has 0 amide bonds. The maximum atomic E-state index is 11.0. The van der Waals surface area contributed by atoms with E-state index >= 15 is 0 Å². The Labute approximate surface area is 118 Å². The van der Waals surface area contributed by atoms with Crippen molar-refractivity contribution in [3.8, 4) is 0 Å². The van der Waals surface area contributed by atoms with Gasteiger partial charge in [0, 0.05) is 57.4 Å². The molecule has 1 aromatic rings. The first-order valence-electron chi connectivity index (χ1n) is 6.85. The van der Waals surface area contributed by atoms with E-state index in [0.29, 0.717) is 5.92 Å². The molecule has 1 fully saturated rings. The number of hydrogen-bond donors (Lipinski definition) is 1. The molecular formula is C14H21N3O3. The zero-order valence-electron chi connectivity index (χ0n) is 12.0. The number of methoxy groups -OCH3 is 1. The number of nitro benzene ring substituents is 1. The van der Waals surface area contributed by atoms with Gasteiger partial charge in [0.2, 0.25) is 0 Å². The SMILES string of the molecule is CNc1cc(N2CCC(COC)CC2)cc([N+](=O)[O-])c1. The van der Waals surface area contributed by atoms with Crippen LogP contribution >= 0.6 is 0 Å². The highest BCUT2D eigenvalue weighted by molar-refractivity contribution is 5.64. The van der Waals surface area contributed by atoms with Gasteiger partial charge in [0.05, 0.1) is 4.92 Å². The van der Waals surface area contributed by atoms with Gasteiger partial charge in [0.1, 0.15) is 0 Å². The second-order valence-corrected chi connectivity index (χ2v) is 5.13. The molecule has 0 aromatic heterocycles.